The molecule has 1 aromatic carbocycles. The Kier molecular flexibility index (Phi) is 4.61. The molecular formula is C15H20N2O3. The van der Waals surface area contributed by atoms with Crippen molar-refractivity contribution in [1.29, 1.82) is 0 Å². The first-order chi connectivity index (χ1) is 9.65. The number of ether oxygens (including phenoxy) is 1. The Labute approximate surface area is 118 Å². The molecule has 0 saturated carbocycles. The molecule has 2 amide bonds. The Bertz CT molecular complexity index is 508. The summed E-state index contributed by atoms with van der Waals surface area (Å²) in [7, 11) is 0. The number of benzene rings is 1. The van der Waals surface area contributed by atoms with E-state index in [0.29, 0.717) is 17.0 Å². The average molecular weight is 276 g/mol. The Morgan fingerprint density at radius 2 is 2.00 bits per heavy atom. The maximum atomic E-state index is 12.5. The van der Waals surface area contributed by atoms with Crippen molar-refractivity contribution < 1.29 is 14.3 Å². The zero-order chi connectivity index (χ0) is 14.5. The molecule has 20 heavy (non-hydrogen) atoms. The fourth-order valence-corrected chi connectivity index (χ4v) is 2.24. The molecular weight excluding hydrogens is 256 g/mol. The number of hydrogen-bond donors (Lipinski definition) is 1. The number of rotatable bonds is 5. The van der Waals surface area contributed by atoms with Gasteiger partial charge in [0.15, 0.2) is 6.61 Å². The first kappa shape index (κ1) is 14.4. The van der Waals surface area contributed by atoms with E-state index < -0.39 is 0 Å². The van der Waals surface area contributed by atoms with Crippen LogP contribution in [0.15, 0.2) is 18.2 Å². The van der Waals surface area contributed by atoms with Crippen molar-refractivity contribution in [3.63, 3.8) is 0 Å². The molecule has 1 aliphatic rings. The molecule has 0 aromatic heterocycles. The van der Waals surface area contributed by atoms with Crippen molar-refractivity contribution in [2.75, 3.05) is 25.0 Å². The maximum absolute atomic E-state index is 12.5. The quantitative estimate of drug-likeness (QED) is 0.897. The van der Waals surface area contributed by atoms with Crippen molar-refractivity contribution in [2.24, 2.45) is 0 Å². The van der Waals surface area contributed by atoms with Crippen LogP contribution in [0.1, 0.15) is 37.0 Å². The van der Waals surface area contributed by atoms with Crippen LogP contribution in [-0.4, -0.2) is 36.4 Å². The van der Waals surface area contributed by atoms with Gasteiger partial charge in [-0.05, 0) is 31.0 Å². The van der Waals surface area contributed by atoms with E-state index in [0.717, 1.165) is 25.9 Å². The first-order valence-corrected chi connectivity index (χ1v) is 7.01. The zero-order valence-electron chi connectivity index (χ0n) is 11.9. The van der Waals surface area contributed by atoms with Crippen LogP contribution in [0.5, 0.6) is 5.75 Å². The molecule has 0 atom stereocenters. The predicted molar refractivity (Wildman–Crippen MR) is 77.1 cm³/mol. The number of fused-ring (bicyclic) bond motifs is 1. The highest BCUT2D eigenvalue weighted by Crippen LogP contribution is 2.29. The number of carbonyl (C=O) groups excluding carboxylic acids is 2. The second-order valence-corrected chi connectivity index (χ2v) is 4.84. The van der Waals surface area contributed by atoms with Crippen LogP contribution in [0.4, 0.5) is 5.69 Å². The Morgan fingerprint density at radius 3 is 2.65 bits per heavy atom. The van der Waals surface area contributed by atoms with Crippen molar-refractivity contribution >= 4 is 17.5 Å². The van der Waals surface area contributed by atoms with E-state index in [1.807, 2.05) is 4.90 Å². The molecule has 2 rings (SSSR count). The van der Waals surface area contributed by atoms with Crippen molar-refractivity contribution in [3.05, 3.63) is 23.8 Å². The molecule has 0 aliphatic carbocycles. The van der Waals surface area contributed by atoms with E-state index in [1.54, 1.807) is 18.2 Å². The van der Waals surface area contributed by atoms with Crippen LogP contribution in [0.3, 0.4) is 0 Å². The highest BCUT2D eigenvalue weighted by molar-refractivity contribution is 5.99. The molecule has 1 heterocycles. The second-order valence-electron chi connectivity index (χ2n) is 4.84. The van der Waals surface area contributed by atoms with Crippen LogP contribution in [0.2, 0.25) is 0 Å². The third-order valence-electron chi connectivity index (χ3n) is 3.14. The molecule has 5 heteroatoms. The third-order valence-corrected chi connectivity index (χ3v) is 3.14. The lowest BCUT2D eigenvalue weighted by Crippen LogP contribution is -2.32. The largest absolute Gasteiger partial charge is 0.482 e. The third kappa shape index (κ3) is 3.10. The number of nitrogens with zero attached hydrogens (tertiary/aromatic N) is 1. The molecule has 0 spiro atoms. The van der Waals surface area contributed by atoms with Gasteiger partial charge in [-0.3, -0.25) is 9.59 Å². The van der Waals surface area contributed by atoms with Gasteiger partial charge in [0.2, 0.25) is 0 Å². The molecule has 1 N–H and O–H groups in total. The molecule has 0 bridgehead atoms. The molecule has 108 valence electrons. The van der Waals surface area contributed by atoms with E-state index in [9.17, 15) is 9.59 Å². The molecule has 5 nitrogen and oxygen atoms in total. The fourth-order valence-electron chi connectivity index (χ4n) is 2.24. The summed E-state index contributed by atoms with van der Waals surface area (Å²) in [5, 5.41) is 2.72. The smallest absolute Gasteiger partial charge is 0.262 e. The number of nitrogens with one attached hydrogen (secondary N) is 1. The van der Waals surface area contributed by atoms with Crippen LogP contribution >= 0.6 is 0 Å². The first-order valence-electron chi connectivity index (χ1n) is 7.01. The standard InChI is InChI=1S/C15H20N2O3/c1-3-7-17(8-4-2)15(19)11-5-6-12-13(9-11)20-10-14(18)16-12/h5-6,9H,3-4,7-8,10H2,1-2H3,(H,16,18). The van der Waals surface area contributed by atoms with Gasteiger partial charge in [0, 0.05) is 18.7 Å². The van der Waals surface area contributed by atoms with Crippen LogP contribution < -0.4 is 10.1 Å². The van der Waals surface area contributed by atoms with Crippen molar-refractivity contribution in [1.82, 2.24) is 4.90 Å². The van der Waals surface area contributed by atoms with E-state index in [4.69, 9.17) is 4.74 Å². The van der Waals surface area contributed by atoms with E-state index >= 15 is 0 Å². The van der Waals surface area contributed by atoms with E-state index in [1.165, 1.54) is 0 Å². The lowest BCUT2D eigenvalue weighted by molar-refractivity contribution is -0.118. The van der Waals surface area contributed by atoms with Crippen LogP contribution in [-0.2, 0) is 4.79 Å². The Hall–Kier alpha value is -2.04. The van der Waals surface area contributed by atoms with E-state index in [-0.39, 0.29) is 18.4 Å². The Morgan fingerprint density at radius 1 is 1.30 bits per heavy atom. The highest BCUT2D eigenvalue weighted by Gasteiger charge is 2.20. The molecule has 1 aromatic rings. The summed E-state index contributed by atoms with van der Waals surface area (Å²) < 4.78 is 5.34. The number of anilines is 1. The van der Waals surface area contributed by atoms with Crippen molar-refractivity contribution in [2.45, 2.75) is 26.7 Å². The summed E-state index contributed by atoms with van der Waals surface area (Å²) >= 11 is 0. The Balaban J connectivity index is 2.20. The van der Waals surface area contributed by atoms with Crippen LogP contribution in [0.25, 0.3) is 0 Å². The average Bonchev–Trinajstić information content (AvgIpc) is 2.45. The minimum atomic E-state index is -0.171. The monoisotopic (exact) mass is 276 g/mol. The van der Waals surface area contributed by atoms with Gasteiger partial charge < -0.3 is 15.0 Å². The minimum Gasteiger partial charge on any atom is -0.482 e. The van der Waals surface area contributed by atoms with E-state index in [2.05, 4.69) is 19.2 Å². The van der Waals surface area contributed by atoms with Gasteiger partial charge in [-0.1, -0.05) is 13.8 Å². The van der Waals surface area contributed by atoms with Crippen molar-refractivity contribution in [3.8, 4) is 5.75 Å². The summed E-state index contributed by atoms with van der Waals surface area (Å²) in [4.78, 5) is 25.5. The summed E-state index contributed by atoms with van der Waals surface area (Å²) in [5.74, 6) is 0.399. The lowest BCUT2D eigenvalue weighted by atomic mass is 10.1. The maximum Gasteiger partial charge on any atom is 0.262 e. The zero-order valence-corrected chi connectivity index (χ0v) is 11.9. The second kappa shape index (κ2) is 6.41. The SMILES string of the molecule is CCCN(CCC)C(=O)c1ccc2c(c1)OCC(=O)N2. The summed E-state index contributed by atoms with van der Waals surface area (Å²) in [6, 6.07) is 5.15. The molecule has 1 aliphatic heterocycles. The van der Waals surface area contributed by atoms with Gasteiger partial charge in [0.25, 0.3) is 11.8 Å². The summed E-state index contributed by atoms with van der Waals surface area (Å²) in [6.07, 6.45) is 1.87. The summed E-state index contributed by atoms with van der Waals surface area (Å²) in [5.41, 5.74) is 1.22. The molecule has 0 radical (unpaired) electrons. The van der Waals surface area contributed by atoms with Gasteiger partial charge in [-0.25, -0.2) is 0 Å². The number of amides is 2. The van der Waals surface area contributed by atoms with Gasteiger partial charge in [0.1, 0.15) is 5.75 Å². The van der Waals surface area contributed by atoms with Crippen LogP contribution in [0, 0.1) is 0 Å². The van der Waals surface area contributed by atoms with Gasteiger partial charge >= 0.3 is 0 Å². The molecule has 0 unspecified atom stereocenters. The molecule has 0 saturated heterocycles. The highest BCUT2D eigenvalue weighted by atomic mass is 16.5. The summed E-state index contributed by atoms with van der Waals surface area (Å²) in [6.45, 7) is 5.61. The molecule has 0 fully saturated rings. The number of hydrogen-bond acceptors (Lipinski definition) is 3. The lowest BCUT2D eigenvalue weighted by Gasteiger charge is -2.23. The minimum absolute atomic E-state index is 0.00171. The van der Waals surface area contributed by atoms with Gasteiger partial charge in [0.05, 0.1) is 5.69 Å². The van der Waals surface area contributed by atoms with Gasteiger partial charge in [-0.15, -0.1) is 0 Å². The number of carbonyl (C=O) groups is 2. The fraction of sp³-hybridized carbons (Fsp3) is 0.467. The normalized spacial score (nSPS) is 13.2. The van der Waals surface area contributed by atoms with Gasteiger partial charge in [-0.2, -0.15) is 0 Å². The topological polar surface area (TPSA) is 58.6 Å². The predicted octanol–water partition coefficient (Wildman–Crippen LogP) is 2.28.